The van der Waals surface area contributed by atoms with Gasteiger partial charge < -0.3 is 11.1 Å². The molecule has 1 unspecified atom stereocenters. The van der Waals surface area contributed by atoms with Crippen molar-refractivity contribution < 1.29 is 31.9 Å². The number of fused-ring (bicyclic) bond motifs is 1. The van der Waals surface area contributed by atoms with Crippen LogP contribution in [0.4, 0.5) is 23.2 Å². The number of benzene rings is 4. The van der Waals surface area contributed by atoms with E-state index in [1.165, 1.54) is 6.07 Å². The number of halogens is 4. The summed E-state index contributed by atoms with van der Waals surface area (Å²) in [6.07, 6.45) is -2.00. The number of aliphatic imine (C=N–C) groups is 1. The summed E-state index contributed by atoms with van der Waals surface area (Å²) in [5, 5.41) is 2.51. The smallest absolute Gasteiger partial charge is 0.272 e. The number of nitrogens with two attached hydrogens (primary N) is 1. The predicted molar refractivity (Wildman–Crippen MR) is 151 cm³/mol. The van der Waals surface area contributed by atoms with Crippen molar-refractivity contribution in [2.45, 2.75) is 18.5 Å². The van der Waals surface area contributed by atoms with Gasteiger partial charge in [-0.1, -0.05) is 54.6 Å². The van der Waals surface area contributed by atoms with E-state index in [4.69, 9.17) is 5.73 Å². The number of carbonyl (C=O) groups excluding carboxylic acids is 3. The van der Waals surface area contributed by atoms with Gasteiger partial charge in [0.05, 0.1) is 17.3 Å². The standard InChI is InChI=1S/C32H24F4N4O3/c33-20-11-13-24(34)22(16-20)23(14-18-10-12-25(35)26(36)15-18)31(42)39-30-32(43)40(17-28(37)41)27-9-5-4-8-21(27)29(38-30)19-6-2-1-3-7-19/h1-13,15-16,23,30H,14,17H2,(H2,37,41)(H,39,42)/t23-,30?/m1/s1. The third kappa shape index (κ3) is 6.30. The van der Waals surface area contributed by atoms with E-state index in [1.807, 2.05) is 0 Å². The lowest BCUT2D eigenvalue weighted by molar-refractivity contribution is -0.128. The minimum atomic E-state index is -1.63. The van der Waals surface area contributed by atoms with E-state index in [0.29, 0.717) is 22.5 Å². The quantitative estimate of drug-likeness (QED) is 0.299. The van der Waals surface area contributed by atoms with E-state index in [9.17, 15) is 31.9 Å². The van der Waals surface area contributed by atoms with Crippen molar-refractivity contribution >= 4 is 29.1 Å². The first kappa shape index (κ1) is 29.2. The number of primary amides is 1. The summed E-state index contributed by atoms with van der Waals surface area (Å²) in [5.74, 6) is -8.14. The van der Waals surface area contributed by atoms with Crippen molar-refractivity contribution in [1.82, 2.24) is 5.32 Å². The topological polar surface area (TPSA) is 105 Å². The van der Waals surface area contributed by atoms with E-state index < -0.39 is 59.6 Å². The molecule has 218 valence electrons. The average molecular weight is 589 g/mol. The van der Waals surface area contributed by atoms with E-state index in [0.717, 1.165) is 35.2 Å². The molecule has 5 rings (SSSR count). The zero-order chi connectivity index (χ0) is 30.7. The highest BCUT2D eigenvalue weighted by molar-refractivity contribution is 6.21. The Bertz CT molecular complexity index is 1750. The number of carbonyl (C=O) groups is 3. The van der Waals surface area contributed by atoms with Gasteiger partial charge in [-0.25, -0.2) is 22.6 Å². The molecule has 0 radical (unpaired) electrons. The summed E-state index contributed by atoms with van der Waals surface area (Å²) in [5.41, 5.74) is 6.92. The van der Waals surface area contributed by atoms with Gasteiger partial charge in [-0.05, 0) is 48.4 Å². The Balaban J connectivity index is 1.59. The number of rotatable bonds is 8. The van der Waals surface area contributed by atoms with Crippen LogP contribution in [0.3, 0.4) is 0 Å². The zero-order valence-electron chi connectivity index (χ0n) is 22.4. The van der Waals surface area contributed by atoms with Crippen LogP contribution in [0.2, 0.25) is 0 Å². The van der Waals surface area contributed by atoms with Crippen LogP contribution in [0.5, 0.6) is 0 Å². The zero-order valence-corrected chi connectivity index (χ0v) is 22.4. The van der Waals surface area contributed by atoms with Crippen LogP contribution >= 0.6 is 0 Å². The van der Waals surface area contributed by atoms with Crippen molar-refractivity contribution in [3.05, 3.63) is 137 Å². The lowest BCUT2D eigenvalue weighted by Gasteiger charge is -2.25. The second-order valence-corrected chi connectivity index (χ2v) is 9.83. The van der Waals surface area contributed by atoms with E-state index in [-0.39, 0.29) is 17.5 Å². The molecule has 0 spiro atoms. The molecule has 1 aliphatic heterocycles. The van der Waals surface area contributed by atoms with Crippen LogP contribution in [-0.2, 0) is 20.8 Å². The lowest BCUT2D eigenvalue weighted by Crippen LogP contribution is -2.50. The number of anilines is 1. The fraction of sp³-hybridized carbons (Fsp3) is 0.125. The van der Waals surface area contributed by atoms with Gasteiger partial charge in [-0.3, -0.25) is 19.3 Å². The highest BCUT2D eigenvalue weighted by Crippen LogP contribution is 2.30. The van der Waals surface area contributed by atoms with Gasteiger partial charge in [0.2, 0.25) is 18.0 Å². The van der Waals surface area contributed by atoms with Gasteiger partial charge in [0.25, 0.3) is 5.91 Å². The Morgan fingerprint density at radius 1 is 0.860 bits per heavy atom. The van der Waals surface area contributed by atoms with Gasteiger partial charge in [0, 0.05) is 16.7 Å². The minimum Gasteiger partial charge on any atom is -0.368 e. The van der Waals surface area contributed by atoms with Crippen LogP contribution in [0, 0.1) is 23.3 Å². The molecule has 0 fully saturated rings. The van der Waals surface area contributed by atoms with Gasteiger partial charge in [-0.2, -0.15) is 0 Å². The number of benzodiazepines with no additional fused rings is 1. The monoisotopic (exact) mass is 588 g/mol. The average Bonchev–Trinajstić information content (AvgIpc) is 3.10. The number of para-hydroxylation sites is 1. The minimum absolute atomic E-state index is 0.117. The van der Waals surface area contributed by atoms with E-state index >= 15 is 0 Å². The van der Waals surface area contributed by atoms with Crippen molar-refractivity contribution in [1.29, 1.82) is 0 Å². The van der Waals surface area contributed by atoms with Crippen LogP contribution in [0.25, 0.3) is 0 Å². The fourth-order valence-corrected chi connectivity index (χ4v) is 4.93. The van der Waals surface area contributed by atoms with Crippen molar-refractivity contribution in [2.75, 3.05) is 11.4 Å². The lowest BCUT2D eigenvalue weighted by atomic mass is 9.90. The molecule has 2 atom stereocenters. The van der Waals surface area contributed by atoms with Crippen molar-refractivity contribution in [2.24, 2.45) is 10.7 Å². The summed E-state index contributed by atoms with van der Waals surface area (Å²) in [6, 6.07) is 20.9. The number of nitrogens with one attached hydrogen (secondary N) is 1. The first-order chi connectivity index (χ1) is 20.6. The molecular weight excluding hydrogens is 564 g/mol. The Hall–Kier alpha value is -5.32. The molecule has 11 heteroatoms. The molecule has 0 aromatic heterocycles. The number of nitrogens with zero attached hydrogens (tertiary/aromatic N) is 2. The first-order valence-corrected chi connectivity index (χ1v) is 13.1. The summed E-state index contributed by atoms with van der Waals surface area (Å²) in [4.78, 5) is 45.4. The van der Waals surface area contributed by atoms with E-state index in [2.05, 4.69) is 10.3 Å². The van der Waals surface area contributed by atoms with Crippen LogP contribution in [0.1, 0.15) is 28.2 Å². The highest BCUT2D eigenvalue weighted by Gasteiger charge is 2.36. The summed E-state index contributed by atoms with van der Waals surface area (Å²) >= 11 is 0. The maximum atomic E-state index is 15.0. The Kier molecular flexibility index (Phi) is 8.33. The Morgan fingerprint density at radius 3 is 2.28 bits per heavy atom. The Morgan fingerprint density at radius 2 is 1.56 bits per heavy atom. The fourth-order valence-electron chi connectivity index (χ4n) is 4.93. The van der Waals surface area contributed by atoms with Crippen molar-refractivity contribution in [3.63, 3.8) is 0 Å². The normalized spacial score (nSPS) is 15.3. The van der Waals surface area contributed by atoms with Crippen LogP contribution in [0.15, 0.2) is 96.0 Å². The maximum Gasteiger partial charge on any atom is 0.272 e. The SMILES string of the molecule is NC(=O)CN1C(=O)C(NC(=O)[C@H](Cc2ccc(F)c(F)c2)c2cc(F)ccc2F)N=C(c2ccccc2)c2ccccc21. The number of hydrogen-bond acceptors (Lipinski definition) is 4. The van der Waals surface area contributed by atoms with Gasteiger partial charge in [0.1, 0.15) is 18.2 Å². The molecule has 0 aliphatic carbocycles. The molecule has 0 bridgehead atoms. The van der Waals surface area contributed by atoms with Gasteiger partial charge >= 0.3 is 0 Å². The first-order valence-electron chi connectivity index (χ1n) is 13.1. The van der Waals surface area contributed by atoms with Gasteiger partial charge in [-0.15, -0.1) is 0 Å². The molecule has 1 aliphatic rings. The predicted octanol–water partition coefficient (Wildman–Crippen LogP) is 4.38. The number of hydrogen-bond donors (Lipinski definition) is 2. The Labute approximate surface area is 243 Å². The second-order valence-electron chi connectivity index (χ2n) is 9.83. The number of amides is 3. The van der Waals surface area contributed by atoms with Crippen LogP contribution in [-0.4, -0.2) is 36.1 Å². The molecule has 43 heavy (non-hydrogen) atoms. The van der Waals surface area contributed by atoms with Crippen LogP contribution < -0.4 is 16.0 Å². The molecule has 0 saturated heterocycles. The molecule has 7 nitrogen and oxygen atoms in total. The largest absolute Gasteiger partial charge is 0.368 e. The molecule has 4 aromatic rings. The van der Waals surface area contributed by atoms with Crippen molar-refractivity contribution in [3.8, 4) is 0 Å². The molecule has 4 aromatic carbocycles. The summed E-state index contributed by atoms with van der Waals surface area (Å²) in [6.45, 7) is -0.531. The summed E-state index contributed by atoms with van der Waals surface area (Å²) in [7, 11) is 0. The maximum absolute atomic E-state index is 15.0. The molecule has 3 amide bonds. The molecule has 1 heterocycles. The van der Waals surface area contributed by atoms with E-state index in [1.54, 1.807) is 54.6 Å². The summed E-state index contributed by atoms with van der Waals surface area (Å²) < 4.78 is 56.8. The highest BCUT2D eigenvalue weighted by atomic mass is 19.2. The molecule has 3 N–H and O–H groups in total. The third-order valence-electron chi connectivity index (χ3n) is 6.92. The third-order valence-corrected chi connectivity index (χ3v) is 6.92. The second kappa shape index (κ2) is 12.3. The molecule has 0 saturated carbocycles. The molecular formula is C32H24F4N4O3. The van der Waals surface area contributed by atoms with Gasteiger partial charge in [0.15, 0.2) is 11.6 Å².